The quantitative estimate of drug-likeness (QED) is 0.599. The highest BCUT2D eigenvalue weighted by Crippen LogP contribution is 2.32. The van der Waals surface area contributed by atoms with Crippen LogP contribution in [-0.2, 0) is 19.6 Å². The second-order valence-corrected chi connectivity index (χ2v) is 7.29. The number of nitrogens with zero attached hydrogens (tertiary/aromatic N) is 7. The Kier molecular flexibility index (Phi) is 6.87. The number of hydrogen-bond donors (Lipinski definition) is 1. The topological polar surface area (TPSA) is 106 Å². The van der Waals surface area contributed by atoms with E-state index in [9.17, 15) is 4.79 Å². The zero-order chi connectivity index (χ0) is 21.3. The Labute approximate surface area is 187 Å². The van der Waals surface area contributed by atoms with E-state index in [0.717, 1.165) is 36.6 Å². The minimum Gasteiger partial charge on any atom is -0.360 e. The molecule has 1 aliphatic heterocycles. The minimum atomic E-state index is -0.0903. The van der Waals surface area contributed by atoms with E-state index in [0.29, 0.717) is 29.4 Å². The van der Waals surface area contributed by atoms with Gasteiger partial charge in [-0.15, -0.1) is 22.6 Å². The minimum absolute atomic E-state index is 0. The van der Waals surface area contributed by atoms with Crippen molar-refractivity contribution in [2.75, 3.05) is 23.4 Å². The molecule has 0 spiro atoms. The van der Waals surface area contributed by atoms with Crippen LogP contribution in [0.25, 0.3) is 11.5 Å². The molecule has 0 unspecified atom stereocenters. The molecule has 164 valence electrons. The van der Waals surface area contributed by atoms with E-state index < -0.39 is 0 Å². The molecule has 1 aliphatic rings. The van der Waals surface area contributed by atoms with E-state index in [1.165, 1.54) is 0 Å². The summed E-state index contributed by atoms with van der Waals surface area (Å²) in [7, 11) is 1.95. The first-order valence-corrected chi connectivity index (χ1v) is 10.2. The lowest BCUT2D eigenvalue weighted by molar-refractivity contribution is 0.0996. The van der Waals surface area contributed by atoms with Crippen molar-refractivity contribution in [3.8, 4) is 11.5 Å². The predicted octanol–water partition coefficient (Wildman–Crippen LogP) is 2.64. The summed E-state index contributed by atoms with van der Waals surface area (Å²) in [6.45, 7) is 6.42. The molecule has 4 rings (SSSR count). The number of fused-ring (bicyclic) bond motifs is 1. The van der Waals surface area contributed by atoms with Gasteiger partial charge in [-0.1, -0.05) is 13.0 Å². The van der Waals surface area contributed by atoms with Gasteiger partial charge in [-0.05, 0) is 31.5 Å². The fourth-order valence-corrected chi connectivity index (χ4v) is 3.62. The summed E-state index contributed by atoms with van der Waals surface area (Å²) in [4.78, 5) is 26.3. The molecule has 1 amide bonds. The highest BCUT2D eigenvalue weighted by atomic mass is 35.5. The van der Waals surface area contributed by atoms with E-state index in [1.807, 2.05) is 47.7 Å². The molecule has 0 atom stereocenters. The van der Waals surface area contributed by atoms with Crippen LogP contribution in [0.4, 0.5) is 11.6 Å². The number of aromatic nitrogens is 5. The van der Waals surface area contributed by atoms with Gasteiger partial charge in [0.05, 0.1) is 17.8 Å². The zero-order valence-electron chi connectivity index (χ0n) is 17.9. The average molecular weight is 443 g/mol. The third-order valence-corrected chi connectivity index (χ3v) is 5.37. The van der Waals surface area contributed by atoms with Gasteiger partial charge in [0, 0.05) is 32.2 Å². The van der Waals surface area contributed by atoms with Crippen LogP contribution in [0.3, 0.4) is 0 Å². The Morgan fingerprint density at radius 3 is 2.74 bits per heavy atom. The summed E-state index contributed by atoms with van der Waals surface area (Å²) >= 11 is 0. The molecule has 0 aromatic carbocycles. The molecule has 10 heteroatoms. The van der Waals surface area contributed by atoms with Crippen molar-refractivity contribution in [1.82, 2.24) is 24.7 Å². The van der Waals surface area contributed by atoms with Crippen LogP contribution in [-0.4, -0.2) is 44.2 Å². The van der Waals surface area contributed by atoms with Crippen molar-refractivity contribution in [3.63, 3.8) is 0 Å². The molecule has 0 bridgehead atoms. The van der Waals surface area contributed by atoms with E-state index >= 15 is 0 Å². The molecular weight excluding hydrogens is 416 g/mol. The van der Waals surface area contributed by atoms with E-state index in [2.05, 4.69) is 22.1 Å². The number of aryl methyl sites for hydroxylation is 1. The van der Waals surface area contributed by atoms with E-state index in [1.54, 1.807) is 11.2 Å². The zero-order valence-corrected chi connectivity index (χ0v) is 18.8. The van der Waals surface area contributed by atoms with Crippen LogP contribution in [0.5, 0.6) is 0 Å². The highest BCUT2D eigenvalue weighted by Gasteiger charge is 2.33. The smallest absolute Gasteiger partial charge is 0.260 e. The number of amides is 1. The maximum Gasteiger partial charge on any atom is 0.260 e. The first kappa shape index (κ1) is 22.6. The molecule has 0 radical (unpaired) electrons. The van der Waals surface area contributed by atoms with Crippen molar-refractivity contribution in [2.24, 2.45) is 5.73 Å². The molecule has 2 N–H and O–H groups in total. The number of halogens is 1. The van der Waals surface area contributed by atoms with Gasteiger partial charge in [-0.3, -0.25) is 9.69 Å². The fourth-order valence-electron chi connectivity index (χ4n) is 3.62. The van der Waals surface area contributed by atoms with Crippen LogP contribution in [0.2, 0.25) is 0 Å². The van der Waals surface area contributed by atoms with Gasteiger partial charge in [-0.25, -0.2) is 9.97 Å². The lowest BCUT2D eigenvalue weighted by Crippen LogP contribution is -2.24. The molecular formula is C21H27ClN8O. The molecule has 0 saturated carbocycles. The summed E-state index contributed by atoms with van der Waals surface area (Å²) in [6.07, 6.45) is 2.67. The van der Waals surface area contributed by atoms with Gasteiger partial charge < -0.3 is 15.2 Å². The third-order valence-electron chi connectivity index (χ3n) is 5.37. The maximum absolute atomic E-state index is 13.3. The Balaban J connectivity index is 0.00000272. The number of pyridine rings is 2. The number of carbonyl (C=O) groups excluding carboxylic acids is 1. The van der Waals surface area contributed by atoms with Crippen LogP contribution in [0, 0.1) is 0 Å². The predicted molar refractivity (Wildman–Crippen MR) is 122 cm³/mol. The molecule has 3 aromatic heterocycles. The van der Waals surface area contributed by atoms with Gasteiger partial charge >= 0.3 is 0 Å². The first-order valence-electron chi connectivity index (χ1n) is 10.2. The van der Waals surface area contributed by atoms with Crippen LogP contribution in [0.15, 0.2) is 30.6 Å². The Morgan fingerprint density at radius 2 is 2.03 bits per heavy atom. The molecule has 3 aromatic rings. The summed E-state index contributed by atoms with van der Waals surface area (Å²) in [5.41, 5.74) is 8.90. The summed E-state index contributed by atoms with van der Waals surface area (Å²) in [5.74, 6) is 1.93. The van der Waals surface area contributed by atoms with Crippen molar-refractivity contribution >= 4 is 29.9 Å². The van der Waals surface area contributed by atoms with Gasteiger partial charge in [0.1, 0.15) is 23.7 Å². The van der Waals surface area contributed by atoms with Gasteiger partial charge in [0.15, 0.2) is 5.82 Å². The van der Waals surface area contributed by atoms with Gasteiger partial charge in [-0.2, -0.15) is 0 Å². The SMILES string of the molecule is CCCn1cnnc1-c1cccc(N2Cc3c(cc(N(C)CC)nc3CN)C2=O)n1.Cl. The second kappa shape index (κ2) is 9.40. The summed E-state index contributed by atoms with van der Waals surface area (Å²) in [6, 6.07) is 7.45. The number of rotatable bonds is 7. The molecule has 0 saturated heterocycles. The average Bonchev–Trinajstić information content (AvgIpc) is 3.37. The number of nitrogens with two attached hydrogens (primary N) is 1. The fraction of sp³-hybridized carbons (Fsp3) is 0.381. The largest absolute Gasteiger partial charge is 0.360 e. The van der Waals surface area contributed by atoms with E-state index in [-0.39, 0.29) is 24.9 Å². The number of hydrogen-bond acceptors (Lipinski definition) is 7. The molecule has 9 nitrogen and oxygen atoms in total. The van der Waals surface area contributed by atoms with Crippen LogP contribution >= 0.6 is 12.4 Å². The lowest BCUT2D eigenvalue weighted by Gasteiger charge is -2.17. The first-order chi connectivity index (χ1) is 14.6. The number of anilines is 2. The monoisotopic (exact) mass is 442 g/mol. The van der Waals surface area contributed by atoms with Crippen molar-refractivity contribution in [1.29, 1.82) is 0 Å². The highest BCUT2D eigenvalue weighted by molar-refractivity contribution is 6.10. The Bertz CT molecular complexity index is 1080. The van der Waals surface area contributed by atoms with Crippen LogP contribution < -0.4 is 15.5 Å². The maximum atomic E-state index is 13.3. The standard InChI is InChI=1S/C21H26N8O.ClH/c1-4-9-28-13-23-26-20(28)16-7-6-8-18(24-16)29-12-15-14(21(29)30)10-19(27(3)5-2)25-17(15)11-22;/h6-8,10,13H,4-5,9,11-12,22H2,1-3H3;1H. The number of carbonyl (C=O) groups is 1. The van der Waals surface area contributed by atoms with Crippen LogP contribution in [0.1, 0.15) is 41.9 Å². The molecule has 0 fully saturated rings. The Morgan fingerprint density at radius 1 is 1.23 bits per heavy atom. The summed E-state index contributed by atoms with van der Waals surface area (Å²) < 4.78 is 1.97. The van der Waals surface area contributed by atoms with Crippen molar-refractivity contribution in [3.05, 3.63) is 47.4 Å². The normalized spacial score (nSPS) is 12.6. The van der Waals surface area contributed by atoms with Crippen molar-refractivity contribution < 1.29 is 4.79 Å². The molecule has 31 heavy (non-hydrogen) atoms. The second-order valence-electron chi connectivity index (χ2n) is 7.29. The van der Waals surface area contributed by atoms with E-state index in [4.69, 9.17) is 10.7 Å². The van der Waals surface area contributed by atoms with Crippen molar-refractivity contribution in [2.45, 2.75) is 39.9 Å². The Hall–Kier alpha value is -3.04. The summed E-state index contributed by atoms with van der Waals surface area (Å²) in [5, 5.41) is 8.23. The molecule has 4 heterocycles. The third kappa shape index (κ3) is 4.11. The lowest BCUT2D eigenvalue weighted by atomic mass is 10.1. The molecule has 0 aliphatic carbocycles. The van der Waals surface area contributed by atoms with Gasteiger partial charge in [0.25, 0.3) is 5.91 Å². The van der Waals surface area contributed by atoms with Gasteiger partial charge in [0.2, 0.25) is 0 Å².